The third-order valence-electron chi connectivity index (χ3n) is 2.72. The summed E-state index contributed by atoms with van der Waals surface area (Å²) in [6.45, 7) is 0.443. The largest absolute Gasteiger partial charge is 0.370 e. The van der Waals surface area contributed by atoms with E-state index in [1.54, 1.807) is 11.3 Å². The maximum absolute atomic E-state index is 11.7. The van der Waals surface area contributed by atoms with Crippen LogP contribution in [-0.4, -0.2) is 43.4 Å². The Bertz CT molecular complexity index is 429. The van der Waals surface area contributed by atoms with Crippen LogP contribution in [0.4, 0.5) is 0 Å². The van der Waals surface area contributed by atoms with E-state index >= 15 is 0 Å². The first-order valence-electron chi connectivity index (χ1n) is 5.93. The fourth-order valence-electron chi connectivity index (χ4n) is 1.66. The molecule has 1 aromatic heterocycles. The zero-order chi connectivity index (χ0) is 14.4. The van der Waals surface area contributed by atoms with E-state index in [1.165, 1.54) is 0 Å². The van der Waals surface area contributed by atoms with Crippen molar-refractivity contribution < 1.29 is 9.59 Å². The molecule has 0 aromatic carbocycles. The minimum absolute atomic E-state index is 0. The van der Waals surface area contributed by atoms with E-state index in [9.17, 15) is 9.59 Å². The maximum Gasteiger partial charge on any atom is 0.237 e. The number of nitrogens with two attached hydrogens (primary N) is 2. The summed E-state index contributed by atoms with van der Waals surface area (Å²) >= 11 is 1.63. The molecule has 9 heteroatoms. The van der Waals surface area contributed by atoms with Crippen molar-refractivity contribution >= 4 is 48.0 Å². The van der Waals surface area contributed by atoms with Gasteiger partial charge < -0.3 is 21.7 Å². The molecule has 0 spiro atoms. The lowest BCUT2D eigenvalue weighted by Gasteiger charge is -2.24. The van der Waals surface area contributed by atoms with E-state index in [4.69, 9.17) is 11.5 Å². The summed E-state index contributed by atoms with van der Waals surface area (Å²) in [6.07, 6.45) is -0.141. The Kier molecular flexibility index (Phi) is 11.5. The number of primary amides is 1. The topological polar surface area (TPSA) is 101 Å². The number of carbonyl (C=O) groups is 2. The van der Waals surface area contributed by atoms with Gasteiger partial charge in [0.1, 0.15) is 0 Å². The molecule has 122 valence electrons. The summed E-state index contributed by atoms with van der Waals surface area (Å²) in [5, 5.41) is 4.74. The quantitative estimate of drug-likeness (QED) is 0.662. The van der Waals surface area contributed by atoms with Gasteiger partial charge in [-0.2, -0.15) is 0 Å². The van der Waals surface area contributed by atoms with Crippen LogP contribution in [0, 0.1) is 0 Å². The zero-order valence-electron chi connectivity index (χ0n) is 11.9. The van der Waals surface area contributed by atoms with Crippen LogP contribution in [0.15, 0.2) is 17.5 Å². The maximum atomic E-state index is 11.7. The lowest BCUT2D eigenvalue weighted by molar-refractivity contribution is -0.126. The van der Waals surface area contributed by atoms with Crippen LogP contribution in [0.5, 0.6) is 0 Å². The number of thiophene rings is 1. The molecule has 1 heterocycles. The summed E-state index contributed by atoms with van der Waals surface area (Å²) < 4.78 is 0. The first-order chi connectivity index (χ1) is 8.91. The van der Waals surface area contributed by atoms with Crippen LogP contribution >= 0.6 is 36.2 Å². The highest BCUT2D eigenvalue weighted by Crippen LogP contribution is 2.22. The Labute approximate surface area is 141 Å². The van der Waals surface area contributed by atoms with Gasteiger partial charge in [-0.1, -0.05) is 6.07 Å². The fraction of sp³-hybridized carbons (Fsp3) is 0.500. The smallest absolute Gasteiger partial charge is 0.237 e. The standard InChI is InChI=1S/C12H20N4O2S.2ClH/c1-16(2)9(10-4-3-5-19-10)7-15-12(18)8(13)6-11(14)17;;/h3-5,8-9H,6-7,13H2,1-2H3,(H2,14,17)(H,15,18);2*1H. The summed E-state index contributed by atoms with van der Waals surface area (Å²) in [4.78, 5) is 25.6. The summed E-state index contributed by atoms with van der Waals surface area (Å²) in [5.74, 6) is -0.938. The van der Waals surface area contributed by atoms with E-state index in [0.717, 1.165) is 4.88 Å². The molecule has 0 radical (unpaired) electrons. The number of hydrogen-bond donors (Lipinski definition) is 3. The van der Waals surface area contributed by atoms with Crippen molar-refractivity contribution in [3.8, 4) is 0 Å². The number of rotatable bonds is 7. The molecule has 0 bridgehead atoms. The van der Waals surface area contributed by atoms with Crippen molar-refractivity contribution in [1.29, 1.82) is 0 Å². The molecule has 6 nitrogen and oxygen atoms in total. The Morgan fingerprint density at radius 1 is 1.38 bits per heavy atom. The second-order valence-corrected chi connectivity index (χ2v) is 5.50. The molecule has 2 amide bonds. The van der Waals surface area contributed by atoms with Crippen molar-refractivity contribution in [3.05, 3.63) is 22.4 Å². The zero-order valence-corrected chi connectivity index (χ0v) is 14.4. The molecule has 0 aliphatic heterocycles. The number of hydrogen-bond acceptors (Lipinski definition) is 5. The minimum Gasteiger partial charge on any atom is -0.370 e. The second-order valence-electron chi connectivity index (χ2n) is 4.52. The van der Waals surface area contributed by atoms with Crippen molar-refractivity contribution in [3.63, 3.8) is 0 Å². The first-order valence-corrected chi connectivity index (χ1v) is 6.81. The average molecular weight is 357 g/mol. The number of nitrogens with zero attached hydrogens (tertiary/aromatic N) is 1. The number of carbonyl (C=O) groups excluding carboxylic acids is 2. The van der Waals surface area contributed by atoms with Crippen LogP contribution in [0.2, 0.25) is 0 Å². The monoisotopic (exact) mass is 356 g/mol. The molecule has 0 fully saturated rings. The molecule has 0 aliphatic carbocycles. The van der Waals surface area contributed by atoms with Gasteiger partial charge >= 0.3 is 0 Å². The van der Waals surface area contributed by atoms with Gasteiger partial charge in [0.2, 0.25) is 11.8 Å². The van der Waals surface area contributed by atoms with E-state index in [2.05, 4.69) is 5.32 Å². The van der Waals surface area contributed by atoms with Crippen molar-refractivity contribution in [2.24, 2.45) is 11.5 Å². The predicted octanol–water partition coefficient (Wildman–Crippen LogP) is 0.513. The molecule has 1 rings (SSSR count). The van der Waals surface area contributed by atoms with Crippen molar-refractivity contribution in [2.45, 2.75) is 18.5 Å². The van der Waals surface area contributed by atoms with Gasteiger partial charge in [0.05, 0.1) is 18.5 Å². The highest BCUT2D eigenvalue weighted by molar-refractivity contribution is 7.10. The molecule has 21 heavy (non-hydrogen) atoms. The van der Waals surface area contributed by atoms with E-state index in [0.29, 0.717) is 6.54 Å². The number of likely N-dealkylation sites (N-methyl/N-ethyl adjacent to an activating group) is 1. The summed E-state index contributed by atoms with van der Waals surface area (Å²) in [5.41, 5.74) is 10.6. The Hall–Kier alpha value is -0.860. The highest BCUT2D eigenvalue weighted by atomic mass is 35.5. The molecule has 5 N–H and O–H groups in total. The number of amides is 2. The lowest BCUT2D eigenvalue weighted by atomic mass is 10.2. The molecule has 0 aliphatic rings. The average Bonchev–Trinajstić information content (AvgIpc) is 2.81. The molecule has 0 saturated heterocycles. The molecule has 2 unspecified atom stereocenters. The van der Waals surface area contributed by atoms with Gasteiger partial charge in [-0.15, -0.1) is 36.2 Å². The normalized spacial score (nSPS) is 12.8. The fourth-order valence-corrected chi connectivity index (χ4v) is 2.58. The molecule has 1 aromatic rings. The van der Waals surface area contributed by atoms with Crippen LogP contribution in [0.25, 0.3) is 0 Å². The van der Waals surface area contributed by atoms with Gasteiger partial charge in [-0.3, -0.25) is 9.59 Å². The third-order valence-corrected chi connectivity index (χ3v) is 3.70. The number of halogens is 2. The molecule has 2 atom stereocenters. The molecule has 0 saturated carbocycles. The van der Waals surface area contributed by atoms with Gasteiger partial charge in [0, 0.05) is 11.4 Å². The lowest BCUT2D eigenvalue weighted by Crippen LogP contribution is -2.45. The molecular formula is C12H22Cl2N4O2S. The first kappa shape index (κ1) is 22.4. The van der Waals surface area contributed by atoms with Crippen molar-refractivity contribution in [2.75, 3.05) is 20.6 Å². The SMILES string of the molecule is CN(C)C(CNC(=O)C(N)CC(N)=O)c1cccs1.Cl.Cl. The Morgan fingerprint density at radius 2 is 2.00 bits per heavy atom. The van der Waals surface area contributed by atoms with E-state index < -0.39 is 11.9 Å². The highest BCUT2D eigenvalue weighted by Gasteiger charge is 2.20. The van der Waals surface area contributed by atoms with E-state index in [1.807, 2.05) is 36.5 Å². The van der Waals surface area contributed by atoms with E-state index in [-0.39, 0.29) is 43.2 Å². The minimum atomic E-state index is -0.886. The summed E-state index contributed by atoms with van der Waals surface area (Å²) in [7, 11) is 3.89. The van der Waals surface area contributed by atoms with Crippen LogP contribution < -0.4 is 16.8 Å². The van der Waals surface area contributed by atoms with Crippen LogP contribution in [-0.2, 0) is 9.59 Å². The van der Waals surface area contributed by atoms with Crippen molar-refractivity contribution in [1.82, 2.24) is 10.2 Å². The van der Waals surface area contributed by atoms with Crippen LogP contribution in [0.1, 0.15) is 17.3 Å². The number of nitrogens with one attached hydrogen (secondary N) is 1. The van der Waals surface area contributed by atoms with Gasteiger partial charge in [0.15, 0.2) is 0 Å². The van der Waals surface area contributed by atoms with Gasteiger partial charge in [-0.25, -0.2) is 0 Å². The second kappa shape index (κ2) is 10.8. The van der Waals surface area contributed by atoms with Gasteiger partial charge in [0.25, 0.3) is 0 Å². The summed E-state index contributed by atoms with van der Waals surface area (Å²) in [6, 6.07) is 3.19. The Balaban J connectivity index is 0. The predicted molar refractivity (Wildman–Crippen MR) is 90.0 cm³/mol. The van der Waals surface area contributed by atoms with Crippen LogP contribution in [0.3, 0.4) is 0 Å². The third kappa shape index (κ3) is 7.63. The van der Waals surface area contributed by atoms with Gasteiger partial charge in [-0.05, 0) is 25.5 Å². The Morgan fingerprint density at radius 3 is 2.43 bits per heavy atom. The molecular weight excluding hydrogens is 335 g/mol.